The van der Waals surface area contributed by atoms with Gasteiger partial charge < -0.3 is 5.32 Å². The number of hydrogen-bond acceptors (Lipinski definition) is 7. The monoisotopic (exact) mass is 411 g/mol. The van der Waals surface area contributed by atoms with Crippen LogP contribution in [-0.4, -0.2) is 45.4 Å². The van der Waals surface area contributed by atoms with Gasteiger partial charge in [0.15, 0.2) is 4.34 Å². The van der Waals surface area contributed by atoms with E-state index >= 15 is 0 Å². The molecule has 2 saturated carbocycles. The molecule has 0 spiro atoms. The zero-order chi connectivity index (χ0) is 19.4. The first-order chi connectivity index (χ1) is 13.0. The molecular weight excluding hydrogens is 386 g/mol. The van der Waals surface area contributed by atoms with E-state index in [2.05, 4.69) is 20.8 Å². The summed E-state index contributed by atoms with van der Waals surface area (Å²) in [4.78, 5) is 38.0. The molecule has 3 rings (SSSR count). The van der Waals surface area contributed by atoms with Gasteiger partial charge in [-0.15, -0.1) is 10.2 Å². The van der Waals surface area contributed by atoms with Crippen LogP contribution in [-0.2, 0) is 9.59 Å². The lowest BCUT2D eigenvalue weighted by Crippen LogP contribution is -2.45. The van der Waals surface area contributed by atoms with Crippen LogP contribution < -0.4 is 15.5 Å². The Balaban J connectivity index is 1.52. The van der Waals surface area contributed by atoms with E-state index in [0.29, 0.717) is 15.9 Å². The molecule has 4 amide bonds. The van der Waals surface area contributed by atoms with Gasteiger partial charge in [0.05, 0.1) is 5.25 Å². The van der Waals surface area contributed by atoms with E-state index in [1.165, 1.54) is 23.1 Å². The van der Waals surface area contributed by atoms with Crippen LogP contribution in [0.4, 0.5) is 9.93 Å². The highest BCUT2D eigenvalue weighted by Crippen LogP contribution is 2.37. The largest absolute Gasteiger partial charge is 0.335 e. The molecule has 0 bridgehead atoms. The molecule has 2 aliphatic carbocycles. The van der Waals surface area contributed by atoms with Gasteiger partial charge in [0, 0.05) is 18.5 Å². The number of urea groups is 1. The molecule has 10 heteroatoms. The highest BCUT2D eigenvalue weighted by molar-refractivity contribution is 8.02. The Morgan fingerprint density at radius 2 is 1.93 bits per heavy atom. The first kappa shape index (κ1) is 20.1. The number of rotatable bonds is 7. The maximum Gasteiger partial charge on any atom is 0.321 e. The Bertz CT molecular complexity index is 700. The Morgan fingerprint density at radius 3 is 2.56 bits per heavy atom. The summed E-state index contributed by atoms with van der Waals surface area (Å²) >= 11 is 2.55. The zero-order valence-corrected chi connectivity index (χ0v) is 17.2. The number of thioether (sulfide) groups is 1. The van der Waals surface area contributed by atoms with Crippen molar-refractivity contribution in [2.75, 3.05) is 4.90 Å². The van der Waals surface area contributed by atoms with Gasteiger partial charge in [0.1, 0.15) is 0 Å². The molecule has 0 saturated heterocycles. The van der Waals surface area contributed by atoms with Crippen molar-refractivity contribution >= 4 is 46.1 Å². The van der Waals surface area contributed by atoms with Crippen molar-refractivity contribution < 1.29 is 14.4 Å². The highest BCUT2D eigenvalue weighted by atomic mass is 32.2. The number of carbonyl (C=O) groups is 3. The summed E-state index contributed by atoms with van der Waals surface area (Å²) < 4.78 is 0.610. The zero-order valence-electron chi connectivity index (χ0n) is 15.6. The SMILES string of the molecule is CCC(=O)N(c1nnc(S[C@H](C)C(=O)NC(=O)NC2CCCC2)s1)C1CC1. The fourth-order valence-corrected chi connectivity index (χ4v) is 5.10. The second-order valence-electron chi connectivity index (χ2n) is 6.90. The minimum atomic E-state index is -0.489. The van der Waals surface area contributed by atoms with Gasteiger partial charge in [0.25, 0.3) is 0 Å². The molecule has 1 heterocycles. The van der Waals surface area contributed by atoms with E-state index in [1.807, 2.05) is 6.92 Å². The minimum absolute atomic E-state index is 0.0413. The van der Waals surface area contributed by atoms with Crippen LogP contribution in [0.25, 0.3) is 0 Å². The molecule has 2 N–H and O–H groups in total. The fraction of sp³-hybridized carbons (Fsp3) is 0.706. The van der Waals surface area contributed by atoms with Crippen molar-refractivity contribution in [3.63, 3.8) is 0 Å². The standard InChI is InChI=1S/C17H25N5O3S2/c1-3-13(23)22(12-8-9-12)16-20-21-17(27-16)26-10(2)14(24)19-15(25)18-11-6-4-5-7-11/h10-12H,3-9H2,1-2H3,(H2,18,19,24,25)/t10-/m1/s1. The number of anilines is 1. The number of hydrogen-bond donors (Lipinski definition) is 2. The molecule has 0 unspecified atom stereocenters. The average molecular weight is 412 g/mol. The topological polar surface area (TPSA) is 104 Å². The summed E-state index contributed by atoms with van der Waals surface area (Å²) in [6.45, 7) is 3.55. The predicted octanol–water partition coefficient (Wildman–Crippen LogP) is 2.69. The Kier molecular flexibility index (Phi) is 6.69. The third-order valence-corrected chi connectivity index (χ3v) is 6.77. The highest BCUT2D eigenvalue weighted by Gasteiger charge is 2.35. The smallest absolute Gasteiger partial charge is 0.321 e. The molecule has 148 valence electrons. The van der Waals surface area contributed by atoms with Crippen molar-refractivity contribution in [1.29, 1.82) is 0 Å². The van der Waals surface area contributed by atoms with E-state index in [0.717, 1.165) is 38.5 Å². The minimum Gasteiger partial charge on any atom is -0.335 e. The van der Waals surface area contributed by atoms with Crippen molar-refractivity contribution in [2.45, 2.75) is 80.5 Å². The third kappa shape index (κ3) is 5.41. The third-order valence-electron chi connectivity index (χ3n) is 4.66. The maximum atomic E-state index is 12.2. The van der Waals surface area contributed by atoms with Crippen LogP contribution in [0.1, 0.15) is 58.8 Å². The van der Waals surface area contributed by atoms with Gasteiger partial charge in [0.2, 0.25) is 16.9 Å². The summed E-state index contributed by atoms with van der Waals surface area (Å²) in [5, 5.41) is 13.6. The van der Waals surface area contributed by atoms with Crippen LogP contribution in [0, 0.1) is 0 Å². The molecule has 2 fully saturated rings. The molecule has 0 aromatic carbocycles. The Morgan fingerprint density at radius 1 is 1.22 bits per heavy atom. The fourth-order valence-electron chi connectivity index (χ4n) is 3.03. The first-order valence-electron chi connectivity index (χ1n) is 9.41. The van der Waals surface area contributed by atoms with Gasteiger partial charge >= 0.3 is 6.03 Å². The van der Waals surface area contributed by atoms with Gasteiger partial charge in [-0.2, -0.15) is 0 Å². The molecule has 0 radical (unpaired) electrons. The second kappa shape index (κ2) is 9.01. The molecule has 27 heavy (non-hydrogen) atoms. The van der Waals surface area contributed by atoms with E-state index < -0.39 is 11.3 Å². The molecule has 0 aliphatic heterocycles. The van der Waals surface area contributed by atoms with Crippen LogP contribution in [0.15, 0.2) is 4.34 Å². The predicted molar refractivity (Wildman–Crippen MR) is 105 cm³/mol. The van der Waals surface area contributed by atoms with Crippen LogP contribution >= 0.6 is 23.1 Å². The van der Waals surface area contributed by atoms with Crippen molar-refractivity contribution in [3.8, 4) is 0 Å². The van der Waals surface area contributed by atoms with Crippen LogP contribution in [0.2, 0.25) is 0 Å². The van der Waals surface area contributed by atoms with Gasteiger partial charge in [-0.3, -0.25) is 19.8 Å². The lowest BCUT2D eigenvalue weighted by Gasteiger charge is -2.17. The lowest BCUT2D eigenvalue weighted by molar-refractivity contribution is -0.119. The van der Waals surface area contributed by atoms with Gasteiger partial charge in [-0.05, 0) is 32.6 Å². The van der Waals surface area contributed by atoms with Gasteiger partial charge in [-0.25, -0.2) is 4.79 Å². The number of carbonyl (C=O) groups excluding carboxylic acids is 3. The summed E-state index contributed by atoms with van der Waals surface area (Å²) in [6, 6.07) is -0.0509. The number of nitrogens with zero attached hydrogens (tertiary/aromatic N) is 3. The number of amides is 4. The van der Waals surface area contributed by atoms with E-state index in [-0.39, 0.29) is 23.9 Å². The van der Waals surface area contributed by atoms with Crippen LogP contribution in [0.5, 0.6) is 0 Å². The first-order valence-corrected chi connectivity index (χ1v) is 11.1. The number of aromatic nitrogens is 2. The summed E-state index contributed by atoms with van der Waals surface area (Å²) in [7, 11) is 0. The summed E-state index contributed by atoms with van der Waals surface area (Å²) in [6.07, 6.45) is 6.56. The molecule has 1 atom stereocenters. The quantitative estimate of drug-likeness (QED) is 0.528. The van der Waals surface area contributed by atoms with E-state index in [4.69, 9.17) is 0 Å². The maximum absolute atomic E-state index is 12.2. The molecule has 1 aromatic heterocycles. The molecule has 8 nitrogen and oxygen atoms in total. The second-order valence-corrected chi connectivity index (χ2v) is 9.45. The van der Waals surface area contributed by atoms with Crippen molar-refractivity contribution in [3.05, 3.63) is 0 Å². The molecular formula is C17H25N5O3S2. The summed E-state index contributed by atoms with van der Waals surface area (Å²) in [5.74, 6) is -0.324. The molecule has 2 aliphatic rings. The van der Waals surface area contributed by atoms with E-state index in [1.54, 1.807) is 11.8 Å². The average Bonchev–Trinajstić information content (AvgIpc) is 3.13. The van der Waals surface area contributed by atoms with Gasteiger partial charge in [-0.1, -0.05) is 42.9 Å². The van der Waals surface area contributed by atoms with Crippen molar-refractivity contribution in [1.82, 2.24) is 20.8 Å². The Labute approximate surface area is 166 Å². The van der Waals surface area contributed by atoms with Crippen molar-refractivity contribution in [2.24, 2.45) is 0 Å². The summed E-state index contributed by atoms with van der Waals surface area (Å²) in [5.41, 5.74) is 0. The number of imide groups is 1. The Hall–Kier alpha value is -1.68. The number of nitrogens with one attached hydrogen (secondary N) is 2. The normalized spacial score (nSPS) is 18.1. The van der Waals surface area contributed by atoms with Crippen LogP contribution in [0.3, 0.4) is 0 Å². The lowest BCUT2D eigenvalue weighted by atomic mass is 10.2. The van der Waals surface area contributed by atoms with E-state index in [9.17, 15) is 14.4 Å². The molecule has 1 aromatic rings.